The quantitative estimate of drug-likeness (QED) is 0.769. The normalized spacial score (nSPS) is 18.6. The first-order valence-corrected chi connectivity index (χ1v) is 8.49. The van der Waals surface area contributed by atoms with Gasteiger partial charge in [0.2, 0.25) is 0 Å². The van der Waals surface area contributed by atoms with Crippen molar-refractivity contribution in [3.63, 3.8) is 0 Å². The molecule has 3 aromatic rings. The van der Waals surface area contributed by atoms with Gasteiger partial charge in [-0.3, -0.25) is 0 Å². The van der Waals surface area contributed by atoms with Crippen LogP contribution in [0.2, 0.25) is 0 Å². The van der Waals surface area contributed by atoms with Gasteiger partial charge in [-0.1, -0.05) is 0 Å². The number of nitrogens with zero attached hydrogens (tertiary/aromatic N) is 4. The lowest BCUT2D eigenvalue weighted by Gasteiger charge is -2.15. The van der Waals surface area contributed by atoms with Crippen LogP contribution >= 0.6 is 11.3 Å². The fraction of sp³-hybridized carbons (Fsp3) is 0.312. The minimum absolute atomic E-state index is 0.426. The number of nitrogens with two attached hydrogens (primary N) is 1. The molecule has 1 atom stereocenters. The van der Waals surface area contributed by atoms with Crippen LogP contribution in [0.4, 0.5) is 11.6 Å². The van der Waals surface area contributed by atoms with Gasteiger partial charge >= 0.3 is 0 Å². The van der Waals surface area contributed by atoms with E-state index < -0.39 is 0 Å². The molecule has 118 valence electrons. The molecule has 1 aliphatic rings. The Bertz CT molecular complexity index is 845. The molecule has 1 saturated heterocycles. The van der Waals surface area contributed by atoms with Crippen molar-refractivity contribution in [3.05, 3.63) is 29.8 Å². The zero-order valence-corrected chi connectivity index (χ0v) is 13.7. The third-order valence-corrected chi connectivity index (χ3v) is 4.99. The molecule has 0 spiro atoms. The maximum Gasteiger partial charge on any atom is 0.162 e. The van der Waals surface area contributed by atoms with E-state index in [0.717, 1.165) is 41.1 Å². The minimum atomic E-state index is 0.426. The van der Waals surface area contributed by atoms with E-state index >= 15 is 0 Å². The van der Waals surface area contributed by atoms with Gasteiger partial charge in [0.15, 0.2) is 5.82 Å². The highest BCUT2D eigenvalue weighted by molar-refractivity contribution is 7.17. The number of anilines is 2. The molecule has 6 nitrogen and oxygen atoms in total. The van der Waals surface area contributed by atoms with E-state index in [1.54, 1.807) is 23.6 Å². The van der Waals surface area contributed by atoms with Gasteiger partial charge in [0, 0.05) is 24.3 Å². The molecule has 23 heavy (non-hydrogen) atoms. The van der Waals surface area contributed by atoms with E-state index in [1.165, 1.54) is 0 Å². The fourth-order valence-electron chi connectivity index (χ4n) is 2.92. The number of nitrogen functional groups attached to an aromatic ring is 1. The highest BCUT2D eigenvalue weighted by Crippen LogP contribution is 2.30. The molecule has 0 saturated carbocycles. The SMILES string of the molecule is CN1CC[C@@H](Nc2nc(-c3ccnc(N)c3)nc3ccsc23)C1. The van der Waals surface area contributed by atoms with E-state index in [0.29, 0.717) is 17.7 Å². The highest BCUT2D eigenvalue weighted by Gasteiger charge is 2.21. The fourth-order valence-corrected chi connectivity index (χ4v) is 3.71. The molecule has 0 aliphatic carbocycles. The Labute approximate surface area is 138 Å². The molecule has 1 fully saturated rings. The average Bonchev–Trinajstić information content (AvgIpc) is 3.16. The number of thiophene rings is 1. The molecule has 0 amide bonds. The van der Waals surface area contributed by atoms with Crippen LogP contribution in [0, 0.1) is 0 Å². The summed E-state index contributed by atoms with van der Waals surface area (Å²) in [7, 11) is 2.15. The van der Waals surface area contributed by atoms with Gasteiger partial charge in [0.05, 0.1) is 10.2 Å². The van der Waals surface area contributed by atoms with Crippen LogP contribution in [0.1, 0.15) is 6.42 Å². The summed E-state index contributed by atoms with van der Waals surface area (Å²) in [6.45, 7) is 2.15. The van der Waals surface area contributed by atoms with Crippen molar-refractivity contribution in [1.29, 1.82) is 0 Å². The average molecular weight is 326 g/mol. The zero-order chi connectivity index (χ0) is 15.8. The van der Waals surface area contributed by atoms with Crippen LogP contribution in [0.3, 0.4) is 0 Å². The van der Waals surface area contributed by atoms with Gasteiger partial charge in [-0.05, 0) is 43.6 Å². The summed E-state index contributed by atoms with van der Waals surface area (Å²) in [5.41, 5.74) is 7.64. The number of hydrogen-bond acceptors (Lipinski definition) is 7. The van der Waals surface area contributed by atoms with Crippen molar-refractivity contribution < 1.29 is 0 Å². The summed E-state index contributed by atoms with van der Waals surface area (Å²) in [5, 5.41) is 5.65. The number of aromatic nitrogens is 3. The Morgan fingerprint density at radius 3 is 3.04 bits per heavy atom. The summed E-state index contributed by atoms with van der Waals surface area (Å²) in [4.78, 5) is 15.8. The first kappa shape index (κ1) is 14.3. The standard InChI is InChI=1S/C16H18N6S/c1-22-6-3-11(9-22)19-16-14-12(4-7-23-14)20-15(21-16)10-2-5-18-13(17)8-10/h2,4-5,7-8,11H,3,6,9H2,1H3,(H2,17,18)(H,19,20,21)/t11-/m1/s1. The van der Waals surface area contributed by atoms with E-state index in [9.17, 15) is 0 Å². The predicted molar refractivity (Wildman–Crippen MR) is 94.6 cm³/mol. The van der Waals surface area contributed by atoms with Gasteiger partial charge in [-0.15, -0.1) is 11.3 Å². The molecule has 4 heterocycles. The van der Waals surface area contributed by atoms with Crippen molar-refractivity contribution in [2.45, 2.75) is 12.5 Å². The van der Waals surface area contributed by atoms with Crippen LogP contribution < -0.4 is 11.1 Å². The van der Waals surface area contributed by atoms with Gasteiger partial charge in [-0.25, -0.2) is 15.0 Å². The third kappa shape index (κ3) is 2.85. The number of rotatable bonds is 3. The van der Waals surface area contributed by atoms with Crippen molar-refractivity contribution in [2.75, 3.05) is 31.2 Å². The number of hydrogen-bond donors (Lipinski definition) is 2. The maximum atomic E-state index is 5.79. The number of likely N-dealkylation sites (tertiary alicyclic amines) is 1. The second-order valence-electron chi connectivity index (χ2n) is 5.89. The van der Waals surface area contributed by atoms with Crippen molar-refractivity contribution in [1.82, 2.24) is 19.9 Å². The number of fused-ring (bicyclic) bond motifs is 1. The molecule has 0 aromatic carbocycles. The predicted octanol–water partition coefficient (Wildman–Crippen LogP) is 2.45. The minimum Gasteiger partial charge on any atom is -0.384 e. The van der Waals surface area contributed by atoms with Gasteiger partial charge < -0.3 is 16.0 Å². The Hall–Kier alpha value is -2.25. The van der Waals surface area contributed by atoms with E-state index in [1.807, 2.05) is 12.1 Å². The second-order valence-corrected chi connectivity index (χ2v) is 6.81. The van der Waals surface area contributed by atoms with Crippen LogP contribution in [0.15, 0.2) is 29.8 Å². The van der Waals surface area contributed by atoms with Crippen molar-refractivity contribution in [2.24, 2.45) is 0 Å². The van der Waals surface area contributed by atoms with Crippen LogP contribution in [0.25, 0.3) is 21.6 Å². The molecule has 0 unspecified atom stereocenters. The Morgan fingerprint density at radius 2 is 2.26 bits per heavy atom. The van der Waals surface area contributed by atoms with Crippen LogP contribution in [-0.2, 0) is 0 Å². The molecule has 7 heteroatoms. The molecule has 3 aromatic heterocycles. The van der Waals surface area contributed by atoms with Crippen LogP contribution in [-0.4, -0.2) is 46.0 Å². The topological polar surface area (TPSA) is 80.0 Å². The largest absolute Gasteiger partial charge is 0.384 e. The molecule has 0 radical (unpaired) electrons. The van der Waals surface area contributed by atoms with E-state index in [2.05, 4.69) is 32.6 Å². The summed E-state index contributed by atoms with van der Waals surface area (Å²) in [6, 6.07) is 6.15. The Balaban J connectivity index is 1.75. The summed E-state index contributed by atoms with van der Waals surface area (Å²) >= 11 is 1.67. The molecule has 1 aliphatic heterocycles. The second kappa shape index (κ2) is 5.75. The number of pyridine rings is 1. The third-order valence-electron chi connectivity index (χ3n) is 4.08. The molecular formula is C16H18N6S. The maximum absolute atomic E-state index is 5.79. The smallest absolute Gasteiger partial charge is 0.162 e. The molecular weight excluding hydrogens is 308 g/mol. The highest BCUT2D eigenvalue weighted by atomic mass is 32.1. The Kier molecular flexibility index (Phi) is 3.59. The van der Waals surface area contributed by atoms with Gasteiger partial charge in [-0.2, -0.15) is 0 Å². The monoisotopic (exact) mass is 326 g/mol. The summed E-state index contributed by atoms with van der Waals surface area (Å²) < 4.78 is 1.10. The van der Waals surface area contributed by atoms with E-state index in [-0.39, 0.29) is 0 Å². The van der Waals surface area contributed by atoms with Crippen molar-refractivity contribution >= 4 is 33.2 Å². The van der Waals surface area contributed by atoms with Gasteiger partial charge in [0.25, 0.3) is 0 Å². The lowest BCUT2D eigenvalue weighted by molar-refractivity contribution is 0.414. The van der Waals surface area contributed by atoms with Gasteiger partial charge in [0.1, 0.15) is 11.6 Å². The van der Waals surface area contributed by atoms with E-state index in [4.69, 9.17) is 10.7 Å². The lowest BCUT2D eigenvalue weighted by Crippen LogP contribution is -2.24. The molecule has 4 rings (SSSR count). The first-order chi connectivity index (χ1) is 11.2. The zero-order valence-electron chi connectivity index (χ0n) is 12.9. The Morgan fingerprint density at radius 1 is 1.35 bits per heavy atom. The lowest BCUT2D eigenvalue weighted by atomic mass is 10.2. The number of likely N-dealkylation sites (N-methyl/N-ethyl adjacent to an activating group) is 1. The summed E-state index contributed by atoms with van der Waals surface area (Å²) in [6.07, 6.45) is 2.82. The summed E-state index contributed by atoms with van der Waals surface area (Å²) in [5.74, 6) is 2.07. The van der Waals surface area contributed by atoms with Crippen molar-refractivity contribution in [3.8, 4) is 11.4 Å². The number of nitrogens with one attached hydrogen (secondary N) is 1. The molecule has 0 bridgehead atoms. The van der Waals surface area contributed by atoms with Crippen LogP contribution in [0.5, 0.6) is 0 Å². The first-order valence-electron chi connectivity index (χ1n) is 7.61. The molecule has 3 N–H and O–H groups in total.